The van der Waals surface area contributed by atoms with Gasteiger partial charge in [0, 0.05) is 0 Å². The number of aliphatic hydroxyl groups excluding tert-OH is 1. The summed E-state index contributed by atoms with van der Waals surface area (Å²) < 4.78 is 4.68. The van der Waals surface area contributed by atoms with Gasteiger partial charge in [0.05, 0.1) is 18.6 Å². The highest BCUT2D eigenvalue weighted by molar-refractivity contribution is 5.76. The smallest absolute Gasteiger partial charge is 0.314 e. The van der Waals surface area contributed by atoms with Crippen LogP contribution in [0, 0.1) is 12.3 Å². The van der Waals surface area contributed by atoms with Gasteiger partial charge in [-0.1, -0.05) is 29.8 Å². The van der Waals surface area contributed by atoms with Gasteiger partial charge in [-0.2, -0.15) is 0 Å². The van der Waals surface area contributed by atoms with Crippen LogP contribution in [0.25, 0.3) is 0 Å². The summed E-state index contributed by atoms with van der Waals surface area (Å²) >= 11 is 0. The summed E-state index contributed by atoms with van der Waals surface area (Å²) in [6, 6.07) is 7.47. The molecule has 0 amide bonds. The van der Waals surface area contributed by atoms with Crippen LogP contribution >= 0.6 is 0 Å². The number of aryl methyl sites for hydroxylation is 1. The molecule has 0 aromatic heterocycles. The van der Waals surface area contributed by atoms with Crippen molar-refractivity contribution in [2.24, 2.45) is 5.41 Å². The Bertz CT molecular complexity index is 365. The van der Waals surface area contributed by atoms with Crippen LogP contribution in [0.5, 0.6) is 0 Å². The van der Waals surface area contributed by atoms with Crippen LogP contribution in [0.3, 0.4) is 0 Å². The van der Waals surface area contributed by atoms with Crippen molar-refractivity contribution < 1.29 is 14.6 Å². The van der Waals surface area contributed by atoms with E-state index in [1.807, 2.05) is 31.2 Å². The third kappa shape index (κ3) is 2.42. The second kappa shape index (κ2) is 4.66. The number of hydrogen-bond acceptors (Lipinski definition) is 3. The highest BCUT2D eigenvalue weighted by atomic mass is 16.5. The molecule has 1 rings (SSSR count). The second-order valence-corrected chi connectivity index (χ2v) is 4.53. The van der Waals surface area contributed by atoms with Crippen molar-refractivity contribution in [1.29, 1.82) is 0 Å². The third-order valence-corrected chi connectivity index (χ3v) is 2.79. The predicted molar refractivity (Wildman–Crippen MR) is 61.9 cm³/mol. The van der Waals surface area contributed by atoms with E-state index in [1.165, 1.54) is 7.11 Å². The molecule has 3 heteroatoms. The SMILES string of the molecule is COC(=O)C(C)(C)[C@H](O)c1ccc(C)cc1. The highest BCUT2D eigenvalue weighted by Gasteiger charge is 2.37. The van der Waals surface area contributed by atoms with Crippen molar-refractivity contribution in [2.75, 3.05) is 7.11 Å². The molecule has 0 heterocycles. The van der Waals surface area contributed by atoms with Crippen LogP contribution in [0.4, 0.5) is 0 Å². The minimum absolute atomic E-state index is 0.416. The van der Waals surface area contributed by atoms with Crippen LogP contribution in [0.1, 0.15) is 31.1 Å². The summed E-state index contributed by atoms with van der Waals surface area (Å²) in [7, 11) is 1.33. The van der Waals surface area contributed by atoms with Gasteiger partial charge in [0.25, 0.3) is 0 Å². The highest BCUT2D eigenvalue weighted by Crippen LogP contribution is 2.34. The van der Waals surface area contributed by atoms with Crippen molar-refractivity contribution in [3.8, 4) is 0 Å². The van der Waals surface area contributed by atoms with Crippen LogP contribution in [0.2, 0.25) is 0 Å². The van der Waals surface area contributed by atoms with E-state index in [1.54, 1.807) is 13.8 Å². The molecular formula is C13H18O3. The molecule has 16 heavy (non-hydrogen) atoms. The van der Waals surface area contributed by atoms with Gasteiger partial charge < -0.3 is 9.84 Å². The van der Waals surface area contributed by atoms with Gasteiger partial charge in [-0.15, -0.1) is 0 Å². The van der Waals surface area contributed by atoms with Gasteiger partial charge >= 0.3 is 5.97 Å². The molecule has 0 aliphatic rings. The minimum atomic E-state index is -0.940. The summed E-state index contributed by atoms with van der Waals surface area (Å²) in [6.07, 6.45) is -0.861. The maximum absolute atomic E-state index is 11.5. The van der Waals surface area contributed by atoms with Crippen LogP contribution in [-0.4, -0.2) is 18.2 Å². The first-order chi connectivity index (χ1) is 7.39. The molecule has 0 unspecified atom stereocenters. The van der Waals surface area contributed by atoms with E-state index in [2.05, 4.69) is 4.74 Å². The molecule has 0 saturated carbocycles. The normalized spacial score (nSPS) is 13.3. The summed E-state index contributed by atoms with van der Waals surface area (Å²) in [6.45, 7) is 5.31. The molecule has 3 nitrogen and oxygen atoms in total. The van der Waals surface area contributed by atoms with E-state index in [0.717, 1.165) is 11.1 Å². The first-order valence-electron chi connectivity index (χ1n) is 5.22. The molecule has 0 saturated heterocycles. The average Bonchev–Trinajstić information content (AvgIpc) is 2.28. The maximum Gasteiger partial charge on any atom is 0.314 e. The van der Waals surface area contributed by atoms with Gasteiger partial charge in [-0.05, 0) is 26.3 Å². The van der Waals surface area contributed by atoms with E-state index in [9.17, 15) is 9.90 Å². The van der Waals surface area contributed by atoms with Crippen LogP contribution in [-0.2, 0) is 9.53 Å². The van der Waals surface area contributed by atoms with Gasteiger partial charge in [0.15, 0.2) is 0 Å². The summed E-state index contributed by atoms with van der Waals surface area (Å²) in [4.78, 5) is 11.5. The molecular weight excluding hydrogens is 204 g/mol. The average molecular weight is 222 g/mol. The molecule has 1 aromatic rings. The quantitative estimate of drug-likeness (QED) is 0.798. The van der Waals surface area contributed by atoms with Crippen LogP contribution < -0.4 is 0 Å². The molecule has 0 bridgehead atoms. The van der Waals surface area contributed by atoms with Gasteiger partial charge in [0.2, 0.25) is 0 Å². The zero-order valence-corrected chi connectivity index (χ0v) is 10.2. The fraction of sp³-hybridized carbons (Fsp3) is 0.462. The van der Waals surface area contributed by atoms with E-state index in [-0.39, 0.29) is 0 Å². The number of rotatable bonds is 3. The molecule has 1 atom stereocenters. The number of carbonyl (C=O) groups is 1. The zero-order valence-electron chi connectivity index (χ0n) is 10.2. The molecule has 0 radical (unpaired) electrons. The lowest BCUT2D eigenvalue weighted by atomic mass is 9.82. The fourth-order valence-electron chi connectivity index (χ4n) is 1.54. The Balaban J connectivity index is 2.97. The Morgan fingerprint density at radius 3 is 2.25 bits per heavy atom. The van der Waals surface area contributed by atoms with Gasteiger partial charge in [-0.3, -0.25) is 4.79 Å². The molecule has 88 valence electrons. The summed E-state index contributed by atoms with van der Waals surface area (Å²) in [5, 5.41) is 10.1. The molecule has 0 spiro atoms. The first-order valence-corrected chi connectivity index (χ1v) is 5.22. The van der Waals surface area contributed by atoms with E-state index >= 15 is 0 Å². The number of hydrogen-bond donors (Lipinski definition) is 1. The van der Waals surface area contributed by atoms with Gasteiger partial charge in [-0.25, -0.2) is 0 Å². The first kappa shape index (κ1) is 12.7. The Labute approximate surface area is 96.1 Å². The Kier molecular flexibility index (Phi) is 3.70. The number of ether oxygens (including phenoxy) is 1. The molecule has 0 fully saturated rings. The van der Waals surface area contributed by atoms with Gasteiger partial charge in [0.1, 0.15) is 0 Å². The Hall–Kier alpha value is -1.35. The molecule has 1 aromatic carbocycles. The maximum atomic E-state index is 11.5. The summed E-state index contributed by atoms with van der Waals surface area (Å²) in [5.41, 5.74) is 0.900. The summed E-state index contributed by atoms with van der Waals surface area (Å²) in [5.74, 6) is -0.416. The lowest BCUT2D eigenvalue weighted by Gasteiger charge is -2.27. The minimum Gasteiger partial charge on any atom is -0.469 e. The predicted octanol–water partition coefficient (Wildman–Crippen LogP) is 2.23. The Morgan fingerprint density at radius 1 is 1.31 bits per heavy atom. The van der Waals surface area contributed by atoms with Crippen molar-refractivity contribution >= 4 is 5.97 Å². The van der Waals surface area contributed by atoms with E-state index in [4.69, 9.17) is 0 Å². The van der Waals surface area contributed by atoms with E-state index < -0.39 is 17.5 Å². The van der Waals surface area contributed by atoms with Crippen LogP contribution in [0.15, 0.2) is 24.3 Å². The molecule has 1 N–H and O–H groups in total. The molecule has 0 aliphatic carbocycles. The monoisotopic (exact) mass is 222 g/mol. The number of esters is 1. The van der Waals surface area contributed by atoms with Crippen molar-refractivity contribution in [2.45, 2.75) is 26.9 Å². The van der Waals surface area contributed by atoms with Crippen molar-refractivity contribution in [3.63, 3.8) is 0 Å². The third-order valence-electron chi connectivity index (χ3n) is 2.79. The number of methoxy groups -OCH3 is 1. The largest absolute Gasteiger partial charge is 0.469 e. The lowest BCUT2D eigenvalue weighted by Crippen LogP contribution is -2.32. The fourth-order valence-corrected chi connectivity index (χ4v) is 1.54. The van der Waals surface area contributed by atoms with Crippen molar-refractivity contribution in [1.82, 2.24) is 0 Å². The van der Waals surface area contributed by atoms with Crippen molar-refractivity contribution in [3.05, 3.63) is 35.4 Å². The standard InChI is InChI=1S/C13H18O3/c1-9-5-7-10(8-6-9)11(14)13(2,3)12(15)16-4/h5-8,11,14H,1-4H3/t11-/m1/s1. The molecule has 0 aliphatic heterocycles. The zero-order chi connectivity index (χ0) is 12.3. The van der Waals surface area contributed by atoms with E-state index in [0.29, 0.717) is 0 Å². The number of carbonyl (C=O) groups excluding carboxylic acids is 1. The lowest BCUT2D eigenvalue weighted by molar-refractivity contribution is -0.157. The topological polar surface area (TPSA) is 46.5 Å². The number of aliphatic hydroxyl groups is 1. The second-order valence-electron chi connectivity index (χ2n) is 4.53. The number of benzene rings is 1. The Morgan fingerprint density at radius 2 is 1.81 bits per heavy atom.